The number of hydrogen-bond acceptors (Lipinski definition) is 3. The molecule has 5 heteroatoms. The van der Waals surface area contributed by atoms with Crippen molar-refractivity contribution in [2.24, 2.45) is 5.92 Å². The van der Waals surface area contributed by atoms with E-state index in [0.29, 0.717) is 19.4 Å². The number of ketones is 1. The fourth-order valence-electron chi connectivity index (χ4n) is 4.80. The van der Waals surface area contributed by atoms with Crippen molar-refractivity contribution < 1.29 is 9.59 Å². The number of halogens is 1. The minimum Gasteiger partial charge on any atom is -0.294 e. The average Bonchev–Trinajstić information content (AvgIpc) is 3.28. The van der Waals surface area contributed by atoms with E-state index in [0.717, 1.165) is 21.2 Å². The molecular formula is C22H19BrN2O2. The molecule has 3 aliphatic rings. The van der Waals surface area contributed by atoms with E-state index in [1.807, 2.05) is 53.5 Å². The van der Waals surface area contributed by atoms with Crippen LogP contribution in [-0.2, 0) is 9.59 Å². The molecule has 0 radical (unpaired) electrons. The van der Waals surface area contributed by atoms with Gasteiger partial charge in [0, 0.05) is 17.4 Å². The van der Waals surface area contributed by atoms with E-state index < -0.39 is 0 Å². The number of hydrazine groups is 1. The Morgan fingerprint density at radius 3 is 2.63 bits per heavy atom. The van der Waals surface area contributed by atoms with Gasteiger partial charge in [-0.3, -0.25) is 14.6 Å². The monoisotopic (exact) mass is 422 g/mol. The summed E-state index contributed by atoms with van der Waals surface area (Å²) in [7, 11) is 0. The third kappa shape index (κ3) is 2.68. The van der Waals surface area contributed by atoms with Crippen molar-refractivity contribution >= 4 is 33.7 Å². The Morgan fingerprint density at radius 1 is 1.04 bits per heavy atom. The van der Waals surface area contributed by atoms with Crippen molar-refractivity contribution in [2.75, 3.05) is 6.54 Å². The lowest BCUT2D eigenvalue weighted by Gasteiger charge is -2.28. The largest absolute Gasteiger partial charge is 0.294 e. The van der Waals surface area contributed by atoms with Gasteiger partial charge in [0.1, 0.15) is 0 Å². The number of carbonyl (C=O) groups excluding carboxylic acids is 2. The smallest absolute Gasteiger partial charge is 0.238 e. The zero-order chi connectivity index (χ0) is 18.5. The summed E-state index contributed by atoms with van der Waals surface area (Å²) in [5.74, 6) is 0.131. The van der Waals surface area contributed by atoms with Crippen molar-refractivity contribution in [3.63, 3.8) is 0 Å². The molecule has 2 aromatic carbocycles. The third-order valence-electron chi connectivity index (χ3n) is 5.86. The van der Waals surface area contributed by atoms with Crippen molar-refractivity contribution in [3.05, 3.63) is 75.8 Å². The maximum absolute atomic E-state index is 13.4. The molecule has 27 heavy (non-hydrogen) atoms. The molecule has 2 heterocycles. The summed E-state index contributed by atoms with van der Waals surface area (Å²) >= 11 is 3.49. The van der Waals surface area contributed by atoms with E-state index in [-0.39, 0.29) is 29.7 Å². The summed E-state index contributed by atoms with van der Waals surface area (Å²) < 4.78 is 0.991. The quantitative estimate of drug-likeness (QED) is 0.686. The van der Waals surface area contributed by atoms with Crippen LogP contribution in [0.2, 0.25) is 0 Å². The Labute approximate surface area is 166 Å². The van der Waals surface area contributed by atoms with E-state index in [4.69, 9.17) is 0 Å². The molecule has 0 aromatic heterocycles. The van der Waals surface area contributed by atoms with Gasteiger partial charge in [0.2, 0.25) is 5.91 Å². The highest BCUT2D eigenvalue weighted by Crippen LogP contribution is 2.51. The third-order valence-corrected chi connectivity index (χ3v) is 6.35. The van der Waals surface area contributed by atoms with Crippen molar-refractivity contribution in [1.29, 1.82) is 0 Å². The topological polar surface area (TPSA) is 40.6 Å². The summed E-state index contributed by atoms with van der Waals surface area (Å²) in [6, 6.07) is 18.0. The molecule has 2 saturated heterocycles. The highest BCUT2D eigenvalue weighted by Gasteiger charge is 2.59. The van der Waals surface area contributed by atoms with Crippen LogP contribution in [0.3, 0.4) is 0 Å². The van der Waals surface area contributed by atoms with Crippen LogP contribution >= 0.6 is 15.9 Å². The van der Waals surface area contributed by atoms with Crippen LogP contribution in [0.4, 0.5) is 0 Å². The molecule has 2 aromatic rings. The van der Waals surface area contributed by atoms with Gasteiger partial charge in [-0.15, -0.1) is 0 Å². The number of carbonyl (C=O) groups is 2. The van der Waals surface area contributed by atoms with E-state index in [1.165, 1.54) is 0 Å². The number of rotatable bonds is 2. The molecule has 2 aliphatic heterocycles. The van der Waals surface area contributed by atoms with Gasteiger partial charge in [-0.1, -0.05) is 58.4 Å². The molecule has 0 N–H and O–H groups in total. The molecule has 0 spiro atoms. The molecule has 1 aliphatic carbocycles. The first kappa shape index (κ1) is 16.9. The first-order valence-electron chi connectivity index (χ1n) is 9.27. The van der Waals surface area contributed by atoms with Crippen LogP contribution in [0.25, 0.3) is 6.08 Å². The number of Topliss-reactive ketones (excluding diaryl/α,β-unsaturated/α-hetero) is 1. The maximum atomic E-state index is 13.4. The number of amides is 1. The Hall–Kier alpha value is -2.24. The molecular weight excluding hydrogens is 404 g/mol. The van der Waals surface area contributed by atoms with Gasteiger partial charge in [-0.05, 0) is 41.3 Å². The summed E-state index contributed by atoms with van der Waals surface area (Å²) in [5, 5.41) is 4.00. The minimum atomic E-state index is -0.185. The number of fused-ring (bicyclic) bond motifs is 3. The average molecular weight is 423 g/mol. The van der Waals surface area contributed by atoms with Crippen LogP contribution < -0.4 is 0 Å². The molecule has 0 unspecified atom stereocenters. The number of nitrogens with zero attached hydrogens (tertiary/aromatic N) is 2. The van der Waals surface area contributed by atoms with E-state index >= 15 is 0 Å². The van der Waals surface area contributed by atoms with Crippen molar-refractivity contribution in [3.8, 4) is 0 Å². The Balaban J connectivity index is 1.55. The lowest BCUT2D eigenvalue weighted by molar-refractivity contribution is -0.138. The van der Waals surface area contributed by atoms with E-state index in [2.05, 4.69) is 33.1 Å². The molecule has 4 nitrogen and oxygen atoms in total. The van der Waals surface area contributed by atoms with Crippen LogP contribution in [0, 0.1) is 5.92 Å². The summed E-state index contributed by atoms with van der Waals surface area (Å²) in [6.07, 6.45) is 3.14. The molecule has 136 valence electrons. The highest BCUT2D eigenvalue weighted by atomic mass is 79.9. The van der Waals surface area contributed by atoms with Crippen LogP contribution in [-0.4, -0.2) is 34.3 Å². The fraction of sp³-hybridized carbons (Fsp3) is 0.273. The van der Waals surface area contributed by atoms with Gasteiger partial charge in [-0.25, -0.2) is 5.01 Å². The van der Waals surface area contributed by atoms with E-state index in [9.17, 15) is 9.59 Å². The van der Waals surface area contributed by atoms with Gasteiger partial charge in [0.15, 0.2) is 5.78 Å². The van der Waals surface area contributed by atoms with Crippen molar-refractivity contribution in [2.45, 2.75) is 24.9 Å². The predicted octanol–water partition coefficient (Wildman–Crippen LogP) is 3.99. The fourth-order valence-corrected chi connectivity index (χ4v) is 5.22. The second-order valence-electron chi connectivity index (χ2n) is 7.39. The van der Waals surface area contributed by atoms with Gasteiger partial charge in [0.05, 0.1) is 18.0 Å². The van der Waals surface area contributed by atoms with Gasteiger partial charge in [-0.2, -0.15) is 0 Å². The molecule has 0 bridgehead atoms. The second-order valence-corrected chi connectivity index (χ2v) is 8.31. The SMILES string of the molecule is O=C1/C(=C/c2cccc(Br)c2)C[C@@H]2[C@H]1[C@@H](c1ccccc1)N1CCC(=O)N21. The minimum absolute atomic E-state index is 0.0523. The lowest BCUT2D eigenvalue weighted by atomic mass is 9.89. The molecule has 5 rings (SSSR count). The molecule has 1 saturated carbocycles. The van der Waals surface area contributed by atoms with Gasteiger partial charge in [0.25, 0.3) is 0 Å². The van der Waals surface area contributed by atoms with Crippen LogP contribution in [0.5, 0.6) is 0 Å². The van der Waals surface area contributed by atoms with Crippen LogP contribution in [0.15, 0.2) is 64.6 Å². The van der Waals surface area contributed by atoms with E-state index in [1.54, 1.807) is 0 Å². The predicted molar refractivity (Wildman–Crippen MR) is 106 cm³/mol. The van der Waals surface area contributed by atoms with Gasteiger partial charge < -0.3 is 0 Å². The first-order valence-corrected chi connectivity index (χ1v) is 10.1. The molecule has 1 amide bonds. The molecule has 3 fully saturated rings. The standard InChI is InChI=1S/C22H19BrN2O2/c23-17-8-4-5-14(12-17)11-16-13-18-20(22(16)27)21(15-6-2-1-3-7-15)24-10-9-19(26)25(18)24/h1-8,11-12,18,20-21H,9-10,13H2/b16-11+/t18-,20+,21-/m1/s1. The Kier molecular flexibility index (Phi) is 4.02. The van der Waals surface area contributed by atoms with Crippen molar-refractivity contribution in [1.82, 2.24) is 10.0 Å². The maximum Gasteiger partial charge on any atom is 0.238 e. The zero-order valence-corrected chi connectivity index (χ0v) is 16.3. The Morgan fingerprint density at radius 2 is 1.85 bits per heavy atom. The second kappa shape index (κ2) is 6.43. The number of hydrogen-bond donors (Lipinski definition) is 0. The summed E-state index contributed by atoms with van der Waals surface area (Å²) in [5.41, 5.74) is 2.94. The lowest BCUT2D eigenvalue weighted by Crippen LogP contribution is -2.38. The van der Waals surface area contributed by atoms with Crippen LogP contribution in [0.1, 0.15) is 30.0 Å². The Bertz CT molecular complexity index is 956. The normalized spacial score (nSPS) is 28.9. The summed E-state index contributed by atoms with van der Waals surface area (Å²) in [6.45, 7) is 0.698. The first-order chi connectivity index (χ1) is 13.1. The highest BCUT2D eigenvalue weighted by molar-refractivity contribution is 9.10. The van der Waals surface area contributed by atoms with Gasteiger partial charge >= 0.3 is 0 Å². The zero-order valence-electron chi connectivity index (χ0n) is 14.7. The number of benzene rings is 2. The summed E-state index contributed by atoms with van der Waals surface area (Å²) in [4.78, 5) is 25.9. The molecule has 3 atom stereocenters.